The van der Waals surface area contributed by atoms with Crippen molar-refractivity contribution in [2.75, 3.05) is 21.3 Å². The topological polar surface area (TPSA) is 82.7 Å². The highest BCUT2D eigenvalue weighted by Gasteiger charge is 2.38. The van der Waals surface area contributed by atoms with E-state index < -0.39 is 11.9 Å². The molecule has 0 spiro atoms. The SMILES string of the molecule is COC(=O)C1=C(C)OC(n2cccc2)=C(C#N)[C@@H]1c1ccc(OC)cc1OC. The molecule has 144 valence electrons. The molecule has 1 aromatic carbocycles. The van der Waals surface area contributed by atoms with Crippen molar-refractivity contribution in [3.8, 4) is 17.6 Å². The largest absolute Gasteiger partial charge is 0.497 e. The number of benzene rings is 1. The molecule has 3 rings (SSSR count). The van der Waals surface area contributed by atoms with Crippen molar-refractivity contribution in [3.05, 3.63) is 65.2 Å². The quantitative estimate of drug-likeness (QED) is 0.739. The lowest BCUT2D eigenvalue weighted by Gasteiger charge is -2.29. The van der Waals surface area contributed by atoms with E-state index in [1.807, 2.05) is 12.1 Å². The Bertz CT molecular complexity index is 996. The van der Waals surface area contributed by atoms with Gasteiger partial charge in [-0.2, -0.15) is 5.26 Å². The first-order valence-electron chi connectivity index (χ1n) is 8.52. The van der Waals surface area contributed by atoms with E-state index in [1.165, 1.54) is 14.2 Å². The number of nitriles is 1. The van der Waals surface area contributed by atoms with Gasteiger partial charge < -0.3 is 18.9 Å². The Kier molecular flexibility index (Phi) is 5.41. The molecule has 2 heterocycles. The Morgan fingerprint density at radius 1 is 1.18 bits per heavy atom. The summed E-state index contributed by atoms with van der Waals surface area (Å²) < 4.78 is 23.3. The summed E-state index contributed by atoms with van der Waals surface area (Å²) in [5, 5.41) is 9.97. The average molecular weight is 380 g/mol. The van der Waals surface area contributed by atoms with Gasteiger partial charge in [-0.1, -0.05) is 6.07 Å². The normalized spacial score (nSPS) is 16.3. The zero-order valence-corrected chi connectivity index (χ0v) is 16.1. The summed E-state index contributed by atoms with van der Waals surface area (Å²) >= 11 is 0. The van der Waals surface area contributed by atoms with E-state index in [1.54, 1.807) is 49.2 Å². The van der Waals surface area contributed by atoms with Gasteiger partial charge in [0.25, 0.3) is 0 Å². The molecule has 1 aromatic heterocycles. The Labute approximate surface area is 163 Å². The smallest absolute Gasteiger partial charge is 0.338 e. The molecule has 0 saturated heterocycles. The maximum absolute atomic E-state index is 12.6. The van der Waals surface area contributed by atoms with Crippen LogP contribution in [0.2, 0.25) is 0 Å². The van der Waals surface area contributed by atoms with Crippen LogP contribution in [0.1, 0.15) is 18.4 Å². The molecule has 0 radical (unpaired) electrons. The molecule has 1 aliphatic heterocycles. The number of methoxy groups -OCH3 is 3. The number of carbonyl (C=O) groups is 1. The predicted molar refractivity (Wildman–Crippen MR) is 101 cm³/mol. The first-order chi connectivity index (χ1) is 13.5. The number of esters is 1. The van der Waals surface area contributed by atoms with Gasteiger partial charge in [-0.15, -0.1) is 0 Å². The molecule has 1 atom stereocenters. The van der Waals surface area contributed by atoms with Crippen LogP contribution < -0.4 is 9.47 Å². The van der Waals surface area contributed by atoms with E-state index in [4.69, 9.17) is 18.9 Å². The van der Waals surface area contributed by atoms with Crippen molar-refractivity contribution in [3.63, 3.8) is 0 Å². The van der Waals surface area contributed by atoms with Crippen LogP contribution in [0.5, 0.6) is 11.5 Å². The summed E-state index contributed by atoms with van der Waals surface area (Å²) in [7, 11) is 4.37. The molecule has 0 fully saturated rings. The summed E-state index contributed by atoms with van der Waals surface area (Å²) in [6.07, 6.45) is 3.54. The molecule has 2 aromatic rings. The minimum absolute atomic E-state index is 0.249. The molecule has 7 nitrogen and oxygen atoms in total. The second kappa shape index (κ2) is 7.92. The number of hydrogen-bond donors (Lipinski definition) is 0. The van der Waals surface area contributed by atoms with Crippen LogP contribution in [0.25, 0.3) is 5.88 Å². The van der Waals surface area contributed by atoms with Gasteiger partial charge in [0.2, 0.25) is 5.88 Å². The second-order valence-electron chi connectivity index (χ2n) is 6.03. The molecular weight excluding hydrogens is 360 g/mol. The van der Waals surface area contributed by atoms with E-state index in [0.29, 0.717) is 28.7 Å². The standard InChI is InChI=1S/C21H20N2O5/c1-13-18(21(24)27-4)19(15-8-7-14(25-2)11-17(15)26-3)16(12-22)20(28-13)23-9-5-6-10-23/h5-11,19H,1-4H3/t19-/m0/s1. The number of ether oxygens (including phenoxy) is 4. The zero-order chi connectivity index (χ0) is 20.3. The third-order valence-corrected chi connectivity index (χ3v) is 4.55. The van der Waals surface area contributed by atoms with Gasteiger partial charge in [-0.3, -0.25) is 4.57 Å². The van der Waals surface area contributed by atoms with E-state index in [9.17, 15) is 10.1 Å². The number of hydrogen-bond acceptors (Lipinski definition) is 6. The fourth-order valence-corrected chi connectivity index (χ4v) is 3.24. The van der Waals surface area contributed by atoms with Crippen LogP contribution in [0.3, 0.4) is 0 Å². The summed E-state index contributed by atoms with van der Waals surface area (Å²) in [5.41, 5.74) is 1.15. The maximum Gasteiger partial charge on any atom is 0.338 e. The molecule has 7 heteroatoms. The van der Waals surface area contributed by atoms with E-state index in [2.05, 4.69) is 6.07 Å². The molecular formula is C21H20N2O5. The number of rotatable bonds is 5. The third-order valence-electron chi connectivity index (χ3n) is 4.55. The fourth-order valence-electron chi connectivity index (χ4n) is 3.24. The van der Waals surface area contributed by atoms with Crippen LogP contribution in [0.4, 0.5) is 0 Å². The van der Waals surface area contributed by atoms with Gasteiger partial charge in [-0.25, -0.2) is 4.79 Å². The van der Waals surface area contributed by atoms with Gasteiger partial charge in [0.1, 0.15) is 28.9 Å². The van der Waals surface area contributed by atoms with Crippen molar-refractivity contribution in [1.82, 2.24) is 4.57 Å². The van der Waals surface area contributed by atoms with Crippen molar-refractivity contribution in [2.45, 2.75) is 12.8 Å². The molecule has 0 aliphatic carbocycles. The van der Waals surface area contributed by atoms with E-state index in [-0.39, 0.29) is 11.1 Å². The molecule has 0 saturated carbocycles. The summed E-state index contributed by atoms with van der Waals surface area (Å²) in [6.45, 7) is 1.67. The Morgan fingerprint density at radius 3 is 2.46 bits per heavy atom. The minimum Gasteiger partial charge on any atom is -0.497 e. The van der Waals surface area contributed by atoms with Gasteiger partial charge in [-0.05, 0) is 25.1 Å². The molecule has 0 bridgehead atoms. The van der Waals surface area contributed by atoms with Crippen molar-refractivity contribution in [2.24, 2.45) is 0 Å². The second-order valence-corrected chi connectivity index (χ2v) is 6.03. The fraction of sp³-hybridized carbons (Fsp3) is 0.238. The van der Waals surface area contributed by atoms with Gasteiger partial charge in [0.05, 0.1) is 32.8 Å². The van der Waals surface area contributed by atoms with Crippen LogP contribution >= 0.6 is 0 Å². The van der Waals surface area contributed by atoms with Crippen molar-refractivity contribution in [1.29, 1.82) is 5.26 Å². The molecule has 0 unspecified atom stereocenters. The van der Waals surface area contributed by atoms with Gasteiger partial charge in [0.15, 0.2) is 0 Å². The maximum atomic E-state index is 12.6. The van der Waals surface area contributed by atoms with Crippen LogP contribution in [0.15, 0.2) is 59.6 Å². The van der Waals surface area contributed by atoms with Crippen LogP contribution in [-0.2, 0) is 14.3 Å². The molecule has 0 N–H and O–H groups in total. The Morgan fingerprint density at radius 2 is 1.89 bits per heavy atom. The van der Waals surface area contributed by atoms with Crippen molar-refractivity contribution >= 4 is 11.9 Å². The number of aromatic nitrogens is 1. The van der Waals surface area contributed by atoms with E-state index >= 15 is 0 Å². The molecule has 0 amide bonds. The van der Waals surface area contributed by atoms with Crippen LogP contribution in [-0.4, -0.2) is 31.9 Å². The lowest BCUT2D eigenvalue weighted by atomic mass is 9.82. The third kappa shape index (κ3) is 3.21. The number of carbonyl (C=O) groups excluding carboxylic acids is 1. The highest BCUT2D eigenvalue weighted by Crippen LogP contribution is 2.45. The summed E-state index contributed by atoms with van der Waals surface area (Å²) in [4.78, 5) is 12.6. The Hall–Kier alpha value is -3.66. The lowest BCUT2D eigenvalue weighted by Crippen LogP contribution is -2.24. The van der Waals surface area contributed by atoms with Gasteiger partial charge >= 0.3 is 5.97 Å². The first kappa shape index (κ1) is 19.1. The summed E-state index contributed by atoms with van der Waals surface area (Å²) in [5.74, 6) is 0.489. The molecule has 1 aliphatic rings. The average Bonchev–Trinajstić information content (AvgIpc) is 3.26. The Balaban J connectivity index is 2.29. The van der Waals surface area contributed by atoms with Crippen molar-refractivity contribution < 1.29 is 23.7 Å². The zero-order valence-electron chi connectivity index (χ0n) is 16.1. The molecule has 28 heavy (non-hydrogen) atoms. The predicted octanol–water partition coefficient (Wildman–Crippen LogP) is 3.46. The summed E-state index contributed by atoms with van der Waals surface area (Å²) in [6, 6.07) is 11.1. The lowest BCUT2D eigenvalue weighted by molar-refractivity contribution is -0.136. The minimum atomic E-state index is -0.718. The number of allylic oxidation sites excluding steroid dienone is 2. The van der Waals surface area contributed by atoms with Crippen LogP contribution in [0, 0.1) is 11.3 Å². The number of nitrogens with zero attached hydrogens (tertiary/aromatic N) is 2. The van der Waals surface area contributed by atoms with Gasteiger partial charge in [0, 0.05) is 24.0 Å². The highest BCUT2D eigenvalue weighted by atomic mass is 16.5. The highest BCUT2D eigenvalue weighted by molar-refractivity contribution is 5.93. The monoisotopic (exact) mass is 380 g/mol. The first-order valence-corrected chi connectivity index (χ1v) is 8.52. The van der Waals surface area contributed by atoms with E-state index in [0.717, 1.165) is 0 Å².